The second-order valence-electron chi connectivity index (χ2n) is 5.32. The topological polar surface area (TPSA) is 35.6 Å². The minimum absolute atomic E-state index is 0.0375. The number of rotatable bonds is 5. The van der Waals surface area contributed by atoms with Gasteiger partial charge in [-0.05, 0) is 11.6 Å². The number of carbonyl (C=O) groups is 1. The first kappa shape index (κ1) is 15.9. The first-order chi connectivity index (χ1) is 10.1. The summed E-state index contributed by atoms with van der Waals surface area (Å²) >= 11 is 0. The second-order valence-corrected chi connectivity index (χ2v) is 5.32. The van der Waals surface area contributed by atoms with Crippen LogP contribution in [0.25, 0.3) is 0 Å². The molecule has 0 radical (unpaired) electrons. The van der Waals surface area contributed by atoms with Crippen molar-refractivity contribution in [3.63, 3.8) is 0 Å². The van der Waals surface area contributed by atoms with E-state index in [1.165, 1.54) is 12.1 Å². The minimum atomic E-state index is -0.668. The maximum Gasteiger partial charge on any atom is 0.226 e. The van der Waals surface area contributed by atoms with Crippen LogP contribution >= 0.6 is 0 Å². The third-order valence-electron chi connectivity index (χ3n) is 3.74. The van der Waals surface area contributed by atoms with Gasteiger partial charge < -0.3 is 10.2 Å². The van der Waals surface area contributed by atoms with Gasteiger partial charge >= 0.3 is 0 Å². The highest BCUT2D eigenvalue weighted by atomic mass is 19.1. The van der Waals surface area contributed by atoms with Crippen molar-refractivity contribution < 1.29 is 13.6 Å². The zero-order valence-electron chi connectivity index (χ0n) is 12.2. The Bertz CT molecular complexity index is 490. The minimum Gasteiger partial charge on any atom is -0.344 e. The normalized spacial score (nSPS) is 16.0. The van der Waals surface area contributed by atoms with Crippen LogP contribution < -0.4 is 5.32 Å². The van der Waals surface area contributed by atoms with E-state index in [0.717, 1.165) is 38.8 Å². The van der Waals surface area contributed by atoms with Crippen LogP contribution in [-0.4, -0.2) is 62.0 Å². The van der Waals surface area contributed by atoms with Crippen LogP contribution in [0.15, 0.2) is 18.2 Å². The Labute approximate surface area is 123 Å². The van der Waals surface area contributed by atoms with Crippen LogP contribution in [0.2, 0.25) is 0 Å². The average molecular weight is 297 g/mol. The Morgan fingerprint density at radius 1 is 1.33 bits per heavy atom. The highest BCUT2D eigenvalue weighted by Gasteiger charge is 2.15. The molecule has 0 unspecified atom stereocenters. The van der Waals surface area contributed by atoms with Gasteiger partial charge in [0.05, 0.1) is 6.42 Å². The molecule has 1 amide bonds. The maximum atomic E-state index is 13.5. The van der Waals surface area contributed by atoms with E-state index in [2.05, 4.69) is 10.2 Å². The van der Waals surface area contributed by atoms with Crippen molar-refractivity contribution in [3.05, 3.63) is 35.4 Å². The fraction of sp³-hybridized carbons (Fsp3) is 0.533. The number of nitrogens with zero attached hydrogens (tertiary/aromatic N) is 2. The molecule has 1 N–H and O–H groups in total. The number of piperazine rings is 1. The van der Waals surface area contributed by atoms with Crippen LogP contribution in [0.4, 0.5) is 8.78 Å². The number of carbonyl (C=O) groups excluding carboxylic acids is 1. The molecule has 21 heavy (non-hydrogen) atoms. The van der Waals surface area contributed by atoms with Crippen molar-refractivity contribution in [1.29, 1.82) is 0 Å². The number of hydrogen-bond acceptors (Lipinski definition) is 3. The van der Waals surface area contributed by atoms with Gasteiger partial charge in [-0.25, -0.2) is 8.78 Å². The summed E-state index contributed by atoms with van der Waals surface area (Å²) in [5.41, 5.74) is 0.232. The van der Waals surface area contributed by atoms with Gasteiger partial charge in [-0.3, -0.25) is 9.69 Å². The molecular weight excluding hydrogens is 276 g/mol. The van der Waals surface area contributed by atoms with Crippen molar-refractivity contribution in [2.75, 3.05) is 46.3 Å². The van der Waals surface area contributed by atoms with Gasteiger partial charge in [-0.15, -0.1) is 0 Å². The van der Waals surface area contributed by atoms with Crippen molar-refractivity contribution in [1.82, 2.24) is 15.1 Å². The summed E-state index contributed by atoms with van der Waals surface area (Å²) in [6.45, 7) is 5.33. The predicted molar refractivity (Wildman–Crippen MR) is 77.0 cm³/mol. The van der Waals surface area contributed by atoms with E-state index >= 15 is 0 Å². The van der Waals surface area contributed by atoms with Gasteiger partial charge in [0.1, 0.15) is 11.6 Å². The van der Waals surface area contributed by atoms with Crippen molar-refractivity contribution in [2.24, 2.45) is 0 Å². The molecular formula is C15H21F2N3O. The number of amides is 1. The van der Waals surface area contributed by atoms with Gasteiger partial charge in [0.2, 0.25) is 5.91 Å². The number of halogens is 2. The lowest BCUT2D eigenvalue weighted by Gasteiger charge is -2.29. The van der Waals surface area contributed by atoms with E-state index in [9.17, 15) is 13.6 Å². The van der Waals surface area contributed by atoms with Crippen molar-refractivity contribution >= 4 is 5.91 Å². The molecule has 0 spiro atoms. The molecule has 1 aromatic rings. The lowest BCUT2D eigenvalue weighted by Crippen LogP contribution is -2.46. The van der Waals surface area contributed by atoms with Crippen molar-refractivity contribution in [3.8, 4) is 0 Å². The van der Waals surface area contributed by atoms with Crippen LogP contribution in [-0.2, 0) is 11.2 Å². The Morgan fingerprint density at radius 2 is 2.05 bits per heavy atom. The molecule has 0 saturated carbocycles. The maximum absolute atomic E-state index is 13.5. The first-order valence-corrected chi connectivity index (χ1v) is 7.17. The van der Waals surface area contributed by atoms with E-state index in [4.69, 9.17) is 0 Å². The molecule has 1 aromatic carbocycles. The molecule has 116 valence electrons. The number of likely N-dealkylation sites (N-methyl/N-ethyl adjacent to an activating group) is 1. The molecule has 1 heterocycles. The zero-order valence-corrected chi connectivity index (χ0v) is 12.2. The summed E-state index contributed by atoms with van der Waals surface area (Å²) in [5.74, 6) is -1.45. The molecule has 6 heteroatoms. The number of benzene rings is 1. The van der Waals surface area contributed by atoms with Gasteiger partial charge in [0.15, 0.2) is 0 Å². The highest BCUT2D eigenvalue weighted by Crippen LogP contribution is 2.11. The molecule has 4 nitrogen and oxygen atoms in total. The molecule has 0 bridgehead atoms. The van der Waals surface area contributed by atoms with E-state index in [-0.39, 0.29) is 17.9 Å². The molecule has 1 aliphatic heterocycles. The van der Waals surface area contributed by atoms with E-state index < -0.39 is 11.6 Å². The average Bonchev–Trinajstić information content (AvgIpc) is 2.48. The van der Waals surface area contributed by atoms with Crippen LogP contribution in [0.3, 0.4) is 0 Å². The molecule has 1 saturated heterocycles. The number of nitrogens with one attached hydrogen (secondary N) is 1. The lowest BCUT2D eigenvalue weighted by atomic mass is 10.1. The zero-order chi connectivity index (χ0) is 15.2. The molecule has 0 aliphatic carbocycles. The van der Waals surface area contributed by atoms with Crippen LogP contribution in [0.1, 0.15) is 5.56 Å². The summed E-state index contributed by atoms with van der Waals surface area (Å²) in [5, 5.41) is 3.27. The largest absolute Gasteiger partial charge is 0.344 e. The van der Waals surface area contributed by atoms with Gasteiger partial charge in [-0.2, -0.15) is 0 Å². The smallest absolute Gasteiger partial charge is 0.226 e. The van der Waals surface area contributed by atoms with E-state index in [1.54, 1.807) is 11.9 Å². The Balaban J connectivity index is 1.81. The molecule has 2 rings (SSSR count). The van der Waals surface area contributed by atoms with Crippen LogP contribution in [0.5, 0.6) is 0 Å². The molecule has 1 aliphatic rings. The summed E-state index contributed by atoms with van der Waals surface area (Å²) < 4.78 is 26.3. The van der Waals surface area contributed by atoms with Crippen molar-refractivity contribution in [2.45, 2.75) is 6.42 Å². The highest BCUT2D eigenvalue weighted by molar-refractivity contribution is 5.78. The quantitative estimate of drug-likeness (QED) is 0.876. The van der Waals surface area contributed by atoms with Gasteiger partial charge in [0.25, 0.3) is 0 Å². The first-order valence-electron chi connectivity index (χ1n) is 7.17. The third-order valence-corrected chi connectivity index (χ3v) is 3.74. The fourth-order valence-electron chi connectivity index (χ4n) is 2.31. The van der Waals surface area contributed by atoms with Crippen LogP contribution in [0, 0.1) is 11.6 Å². The number of hydrogen-bond donors (Lipinski definition) is 1. The van der Waals surface area contributed by atoms with E-state index in [0.29, 0.717) is 6.54 Å². The Hall–Kier alpha value is -1.53. The SMILES string of the molecule is CN(CCN1CCNCC1)C(=O)Cc1ccc(F)cc1F. The summed E-state index contributed by atoms with van der Waals surface area (Å²) in [4.78, 5) is 15.9. The Morgan fingerprint density at radius 3 is 2.71 bits per heavy atom. The van der Waals surface area contributed by atoms with E-state index in [1.807, 2.05) is 0 Å². The standard InChI is InChI=1S/C15H21F2N3O/c1-19(8-9-20-6-4-18-5-7-20)15(21)10-12-2-3-13(16)11-14(12)17/h2-3,11,18H,4-10H2,1H3. The second kappa shape index (κ2) is 7.47. The summed E-state index contributed by atoms with van der Waals surface area (Å²) in [6.07, 6.45) is -0.0375. The monoisotopic (exact) mass is 297 g/mol. The fourth-order valence-corrected chi connectivity index (χ4v) is 2.31. The van der Waals surface area contributed by atoms with Gasteiger partial charge in [-0.1, -0.05) is 6.07 Å². The molecule has 1 fully saturated rings. The Kier molecular flexibility index (Phi) is 5.64. The predicted octanol–water partition coefficient (Wildman–Crippen LogP) is 0.871. The lowest BCUT2D eigenvalue weighted by molar-refractivity contribution is -0.129. The third kappa shape index (κ3) is 4.75. The summed E-state index contributed by atoms with van der Waals surface area (Å²) in [6, 6.07) is 3.31. The summed E-state index contributed by atoms with van der Waals surface area (Å²) in [7, 11) is 1.71. The van der Waals surface area contributed by atoms with Gasteiger partial charge in [0, 0.05) is 52.4 Å². The molecule has 0 atom stereocenters. The molecule has 0 aromatic heterocycles.